The molecule has 0 bridgehead atoms. The first-order valence-electron chi connectivity index (χ1n) is 9.49. The molecule has 0 aliphatic carbocycles. The molecule has 2 aliphatic heterocycles. The van der Waals surface area contributed by atoms with Crippen LogP contribution in [0.4, 0.5) is 4.79 Å². The van der Waals surface area contributed by atoms with Crippen molar-refractivity contribution in [3.05, 3.63) is 11.6 Å². The molecule has 2 aliphatic rings. The normalized spacial score (nSPS) is 20.7. The molecule has 140 valence electrons. The van der Waals surface area contributed by atoms with Crippen LogP contribution in [0.5, 0.6) is 0 Å². The van der Waals surface area contributed by atoms with Crippen molar-refractivity contribution in [1.82, 2.24) is 24.6 Å². The molecule has 1 aromatic rings. The Kier molecular flexibility index (Phi) is 5.32. The Labute approximate surface area is 150 Å². The quantitative estimate of drug-likeness (QED) is 0.821. The number of hydrogen-bond acceptors (Lipinski definition) is 5. The largest absolute Gasteiger partial charge is 0.444 e. The molecular formula is C18H31N5O2. The summed E-state index contributed by atoms with van der Waals surface area (Å²) in [7, 11) is 0. The summed E-state index contributed by atoms with van der Waals surface area (Å²) in [5.41, 5.74) is -0.444. The molecule has 1 aromatic heterocycles. The average Bonchev–Trinajstić information content (AvgIpc) is 2.81. The highest BCUT2D eigenvalue weighted by Crippen LogP contribution is 2.24. The summed E-state index contributed by atoms with van der Waals surface area (Å²) in [6.45, 7) is 12.0. The molecule has 3 heterocycles. The van der Waals surface area contributed by atoms with E-state index in [0.717, 1.165) is 37.7 Å². The summed E-state index contributed by atoms with van der Waals surface area (Å²) < 4.78 is 7.79. The maximum absolute atomic E-state index is 12.2. The van der Waals surface area contributed by atoms with Gasteiger partial charge in [0.15, 0.2) is 0 Å². The van der Waals surface area contributed by atoms with Crippen LogP contribution in [-0.4, -0.2) is 62.4 Å². The molecule has 0 N–H and O–H groups in total. The second-order valence-corrected chi connectivity index (χ2v) is 8.12. The number of carbonyl (C=O) groups is 1. The Bertz CT molecular complexity index is 599. The SMILES string of the molecule is C[C@@H](c1nnc2n1CCCCC2)N1CCN(C(=O)OC(C)(C)C)CC1. The van der Waals surface area contributed by atoms with Crippen LogP contribution >= 0.6 is 0 Å². The molecular weight excluding hydrogens is 318 g/mol. The fraction of sp³-hybridized carbons (Fsp3) is 0.833. The van der Waals surface area contributed by atoms with Crippen LogP contribution in [0.2, 0.25) is 0 Å². The number of piperazine rings is 1. The van der Waals surface area contributed by atoms with E-state index in [4.69, 9.17) is 4.74 Å². The van der Waals surface area contributed by atoms with Crippen LogP contribution in [0.3, 0.4) is 0 Å². The van der Waals surface area contributed by atoms with Gasteiger partial charge in [0.1, 0.15) is 17.2 Å². The number of carbonyl (C=O) groups excluding carboxylic acids is 1. The fourth-order valence-corrected chi connectivity index (χ4v) is 3.60. The smallest absolute Gasteiger partial charge is 0.410 e. The minimum atomic E-state index is -0.444. The van der Waals surface area contributed by atoms with Gasteiger partial charge in [-0.05, 0) is 40.5 Å². The van der Waals surface area contributed by atoms with Crippen molar-refractivity contribution in [2.45, 2.75) is 71.6 Å². The number of aryl methyl sites for hydroxylation is 1. The van der Waals surface area contributed by atoms with E-state index in [0.29, 0.717) is 13.1 Å². The minimum absolute atomic E-state index is 0.212. The summed E-state index contributed by atoms with van der Waals surface area (Å²) in [5, 5.41) is 8.90. The van der Waals surface area contributed by atoms with Gasteiger partial charge in [0.2, 0.25) is 0 Å². The number of rotatable bonds is 2. The van der Waals surface area contributed by atoms with Crippen LogP contribution in [-0.2, 0) is 17.7 Å². The van der Waals surface area contributed by atoms with Crippen LogP contribution in [0.15, 0.2) is 0 Å². The summed E-state index contributed by atoms with van der Waals surface area (Å²) in [6, 6.07) is 0.222. The number of aromatic nitrogens is 3. The van der Waals surface area contributed by atoms with Gasteiger partial charge in [-0.25, -0.2) is 4.79 Å². The van der Waals surface area contributed by atoms with Gasteiger partial charge >= 0.3 is 6.09 Å². The topological polar surface area (TPSA) is 63.5 Å². The highest BCUT2D eigenvalue weighted by atomic mass is 16.6. The predicted molar refractivity (Wildman–Crippen MR) is 95.4 cm³/mol. The minimum Gasteiger partial charge on any atom is -0.444 e. The van der Waals surface area contributed by atoms with E-state index in [1.165, 1.54) is 19.3 Å². The van der Waals surface area contributed by atoms with Crippen molar-refractivity contribution >= 4 is 6.09 Å². The average molecular weight is 349 g/mol. The number of amides is 1. The summed E-state index contributed by atoms with van der Waals surface area (Å²) in [4.78, 5) is 16.4. The zero-order valence-electron chi connectivity index (χ0n) is 16.0. The molecule has 1 saturated heterocycles. The van der Waals surface area contributed by atoms with E-state index in [2.05, 4.69) is 26.6 Å². The van der Waals surface area contributed by atoms with Crippen molar-refractivity contribution in [3.63, 3.8) is 0 Å². The van der Waals surface area contributed by atoms with Gasteiger partial charge in [-0.3, -0.25) is 4.90 Å². The molecule has 1 fully saturated rings. The molecule has 1 atom stereocenters. The lowest BCUT2D eigenvalue weighted by Gasteiger charge is -2.38. The van der Waals surface area contributed by atoms with E-state index in [1.54, 1.807) is 4.90 Å². The summed E-state index contributed by atoms with van der Waals surface area (Å²) in [6.07, 6.45) is 4.51. The van der Waals surface area contributed by atoms with E-state index in [1.807, 2.05) is 20.8 Å². The zero-order chi connectivity index (χ0) is 18.0. The molecule has 0 radical (unpaired) electrons. The zero-order valence-corrected chi connectivity index (χ0v) is 16.0. The van der Waals surface area contributed by atoms with Gasteiger partial charge in [0, 0.05) is 39.1 Å². The van der Waals surface area contributed by atoms with Gasteiger partial charge in [-0.1, -0.05) is 6.42 Å². The Morgan fingerprint density at radius 1 is 1.04 bits per heavy atom. The lowest BCUT2D eigenvalue weighted by Crippen LogP contribution is -2.50. The Morgan fingerprint density at radius 2 is 1.76 bits per heavy atom. The van der Waals surface area contributed by atoms with Crippen molar-refractivity contribution < 1.29 is 9.53 Å². The van der Waals surface area contributed by atoms with Gasteiger partial charge < -0.3 is 14.2 Å². The van der Waals surface area contributed by atoms with Crippen LogP contribution in [0, 0.1) is 0 Å². The van der Waals surface area contributed by atoms with Crippen LogP contribution in [0.25, 0.3) is 0 Å². The number of ether oxygens (including phenoxy) is 1. The first-order chi connectivity index (χ1) is 11.8. The fourth-order valence-electron chi connectivity index (χ4n) is 3.60. The highest BCUT2D eigenvalue weighted by molar-refractivity contribution is 5.68. The molecule has 1 amide bonds. The Morgan fingerprint density at radius 3 is 2.44 bits per heavy atom. The van der Waals surface area contributed by atoms with Crippen molar-refractivity contribution in [2.75, 3.05) is 26.2 Å². The van der Waals surface area contributed by atoms with Crippen molar-refractivity contribution in [1.29, 1.82) is 0 Å². The first kappa shape index (κ1) is 18.2. The molecule has 7 heteroatoms. The standard InChI is InChI=1S/C18H31N5O2/c1-14(16-20-19-15-8-6-5-7-9-23(15)16)21-10-12-22(13-11-21)17(24)25-18(2,3)4/h14H,5-13H2,1-4H3/t14-/m0/s1. The Balaban J connectivity index is 1.60. The summed E-state index contributed by atoms with van der Waals surface area (Å²) in [5.74, 6) is 2.20. The van der Waals surface area contributed by atoms with Crippen molar-refractivity contribution in [3.8, 4) is 0 Å². The van der Waals surface area contributed by atoms with Gasteiger partial charge in [0.05, 0.1) is 6.04 Å². The molecule has 3 rings (SSSR count). The molecule has 0 aromatic carbocycles. The van der Waals surface area contributed by atoms with Gasteiger partial charge in [-0.15, -0.1) is 10.2 Å². The predicted octanol–water partition coefficient (Wildman–Crippen LogP) is 2.62. The van der Waals surface area contributed by atoms with Crippen molar-refractivity contribution in [2.24, 2.45) is 0 Å². The molecule has 0 saturated carbocycles. The van der Waals surface area contributed by atoms with Gasteiger partial charge in [-0.2, -0.15) is 0 Å². The molecule has 0 unspecified atom stereocenters. The number of fused-ring (bicyclic) bond motifs is 1. The third kappa shape index (κ3) is 4.32. The molecule has 7 nitrogen and oxygen atoms in total. The third-order valence-electron chi connectivity index (χ3n) is 5.03. The summed E-state index contributed by atoms with van der Waals surface area (Å²) >= 11 is 0. The number of nitrogens with zero attached hydrogens (tertiary/aromatic N) is 5. The van der Waals surface area contributed by atoms with Gasteiger partial charge in [0.25, 0.3) is 0 Å². The number of hydrogen-bond donors (Lipinski definition) is 0. The van der Waals surface area contributed by atoms with Crippen LogP contribution < -0.4 is 0 Å². The maximum Gasteiger partial charge on any atom is 0.410 e. The monoisotopic (exact) mass is 349 g/mol. The maximum atomic E-state index is 12.2. The lowest BCUT2D eigenvalue weighted by molar-refractivity contribution is 0.0105. The highest BCUT2D eigenvalue weighted by Gasteiger charge is 2.30. The van der Waals surface area contributed by atoms with E-state index < -0.39 is 5.60 Å². The first-order valence-corrected chi connectivity index (χ1v) is 9.49. The van der Waals surface area contributed by atoms with E-state index in [-0.39, 0.29) is 12.1 Å². The molecule has 25 heavy (non-hydrogen) atoms. The third-order valence-corrected chi connectivity index (χ3v) is 5.03. The van der Waals surface area contributed by atoms with Crippen LogP contribution in [0.1, 0.15) is 64.6 Å². The van der Waals surface area contributed by atoms with E-state index >= 15 is 0 Å². The van der Waals surface area contributed by atoms with E-state index in [9.17, 15) is 4.79 Å². The second-order valence-electron chi connectivity index (χ2n) is 8.12. The second kappa shape index (κ2) is 7.32. The Hall–Kier alpha value is -1.63. The molecule has 0 spiro atoms. The lowest BCUT2D eigenvalue weighted by atomic mass is 10.2.